The normalized spacial score (nSPS) is 14.5. The Balaban J connectivity index is 1.43. The standard InChI is InChI=1S/C43H32BNS/c1-45-39-26-13-11-24-37(39)44-38-25-12-14-27-41(38)46(35-20-7-3-8-21-35,36-22-9-4-10-23-36)42-30-34(29-40(45)43(42)44)33-19-15-18-32(28-33)31-16-5-2-6-17-31/h2-30H,1H3. The van der Waals surface area contributed by atoms with Gasteiger partial charge in [0.25, 0.3) is 0 Å². The Hall–Kier alpha value is -5.25. The van der Waals surface area contributed by atoms with Crippen LogP contribution in [-0.4, -0.2) is 13.8 Å². The highest BCUT2D eigenvalue weighted by molar-refractivity contribution is 8.34. The van der Waals surface area contributed by atoms with E-state index in [0.717, 1.165) is 0 Å². The molecule has 46 heavy (non-hydrogen) atoms. The number of rotatable bonds is 4. The number of para-hydroxylation sites is 1. The van der Waals surface area contributed by atoms with Crippen molar-refractivity contribution in [3.05, 3.63) is 176 Å². The Labute approximate surface area is 273 Å². The molecule has 0 atom stereocenters. The van der Waals surface area contributed by atoms with Crippen molar-refractivity contribution in [2.24, 2.45) is 0 Å². The second-order valence-corrected chi connectivity index (χ2v) is 15.2. The van der Waals surface area contributed by atoms with Crippen molar-refractivity contribution in [3.8, 4) is 22.3 Å². The molecule has 0 N–H and O–H groups in total. The first kappa shape index (κ1) is 27.1. The molecule has 0 spiro atoms. The minimum absolute atomic E-state index is 0.159. The summed E-state index contributed by atoms with van der Waals surface area (Å²) < 4.78 is 0. The van der Waals surface area contributed by atoms with E-state index < -0.39 is 10.0 Å². The fourth-order valence-electron chi connectivity index (χ4n) is 7.76. The van der Waals surface area contributed by atoms with Crippen LogP contribution in [0.3, 0.4) is 0 Å². The van der Waals surface area contributed by atoms with Gasteiger partial charge in [-0.2, -0.15) is 0 Å². The lowest BCUT2D eigenvalue weighted by atomic mass is 9.35. The number of benzene rings is 7. The zero-order valence-electron chi connectivity index (χ0n) is 25.7. The third-order valence-corrected chi connectivity index (χ3v) is 13.8. The zero-order chi connectivity index (χ0) is 30.7. The first-order valence-electron chi connectivity index (χ1n) is 15.9. The summed E-state index contributed by atoms with van der Waals surface area (Å²) in [7, 11) is 0.397. The minimum atomic E-state index is -1.85. The molecule has 218 valence electrons. The summed E-state index contributed by atoms with van der Waals surface area (Å²) in [6.45, 7) is 0.159. The predicted molar refractivity (Wildman–Crippen MR) is 196 cm³/mol. The van der Waals surface area contributed by atoms with Gasteiger partial charge in [-0.3, -0.25) is 0 Å². The quantitative estimate of drug-likeness (QED) is 0.181. The molecule has 0 amide bonds. The van der Waals surface area contributed by atoms with Crippen molar-refractivity contribution >= 4 is 44.5 Å². The summed E-state index contributed by atoms with van der Waals surface area (Å²) in [5, 5.41) is 0. The summed E-state index contributed by atoms with van der Waals surface area (Å²) in [6.07, 6.45) is 0. The van der Waals surface area contributed by atoms with Crippen LogP contribution in [-0.2, 0) is 0 Å². The van der Waals surface area contributed by atoms with E-state index in [1.165, 1.54) is 69.6 Å². The SMILES string of the molecule is CN1c2ccccc2B2c3ccccc3S(c3ccccc3)(c3ccccc3)c3cc(-c4cccc(-c5ccccc5)c4)cc1c32. The van der Waals surface area contributed by atoms with Gasteiger partial charge < -0.3 is 4.90 Å². The molecule has 3 heteroatoms. The van der Waals surface area contributed by atoms with Gasteiger partial charge in [-0.1, -0.05) is 127 Å². The maximum Gasteiger partial charge on any atom is 0.249 e. The van der Waals surface area contributed by atoms with Crippen LogP contribution in [0.1, 0.15) is 0 Å². The summed E-state index contributed by atoms with van der Waals surface area (Å²) in [5.74, 6) is 0. The summed E-state index contributed by atoms with van der Waals surface area (Å²) in [6, 6.07) is 65.6. The van der Waals surface area contributed by atoms with Gasteiger partial charge in [0.05, 0.1) is 0 Å². The second-order valence-electron chi connectivity index (χ2n) is 12.2. The van der Waals surface area contributed by atoms with E-state index in [2.05, 4.69) is 188 Å². The highest BCUT2D eigenvalue weighted by atomic mass is 32.3. The lowest BCUT2D eigenvalue weighted by molar-refractivity contribution is 1.19. The Morgan fingerprint density at radius 1 is 0.413 bits per heavy atom. The topological polar surface area (TPSA) is 3.24 Å². The molecule has 0 aliphatic carbocycles. The van der Waals surface area contributed by atoms with Crippen molar-refractivity contribution < 1.29 is 0 Å². The van der Waals surface area contributed by atoms with E-state index in [9.17, 15) is 0 Å². The smallest absolute Gasteiger partial charge is 0.249 e. The van der Waals surface area contributed by atoms with E-state index in [0.29, 0.717) is 0 Å². The molecular formula is C43H32BNS. The van der Waals surface area contributed by atoms with Gasteiger partial charge in [-0.15, -0.1) is 10.0 Å². The van der Waals surface area contributed by atoms with Crippen LogP contribution in [0.2, 0.25) is 0 Å². The van der Waals surface area contributed by atoms with E-state index in [4.69, 9.17) is 0 Å². The van der Waals surface area contributed by atoms with Crippen molar-refractivity contribution in [3.63, 3.8) is 0 Å². The third kappa shape index (κ3) is 3.92. The van der Waals surface area contributed by atoms with Crippen molar-refractivity contribution in [2.45, 2.75) is 19.6 Å². The number of anilines is 2. The molecule has 0 saturated carbocycles. The van der Waals surface area contributed by atoms with E-state index in [-0.39, 0.29) is 6.71 Å². The summed E-state index contributed by atoms with van der Waals surface area (Å²) in [4.78, 5) is 8.04. The van der Waals surface area contributed by atoms with Gasteiger partial charge in [-0.05, 0) is 92.7 Å². The molecule has 7 aromatic carbocycles. The molecule has 0 unspecified atom stereocenters. The maximum atomic E-state index is 2.54. The maximum absolute atomic E-state index is 2.54. The summed E-state index contributed by atoms with van der Waals surface area (Å²) >= 11 is 0. The molecule has 0 radical (unpaired) electrons. The van der Waals surface area contributed by atoms with E-state index in [1.54, 1.807) is 0 Å². The third-order valence-electron chi connectivity index (χ3n) is 9.77. The van der Waals surface area contributed by atoms with Gasteiger partial charge in [0.1, 0.15) is 0 Å². The van der Waals surface area contributed by atoms with Crippen LogP contribution in [0.25, 0.3) is 22.3 Å². The average Bonchev–Trinajstić information content (AvgIpc) is 3.14. The number of fused-ring (bicyclic) bond motifs is 4. The molecule has 7 aromatic rings. The van der Waals surface area contributed by atoms with Crippen LogP contribution in [0.5, 0.6) is 0 Å². The first-order valence-corrected chi connectivity index (χ1v) is 17.6. The number of hydrogen-bond donors (Lipinski definition) is 0. The molecular weight excluding hydrogens is 573 g/mol. The molecule has 0 saturated heterocycles. The van der Waals surface area contributed by atoms with Gasteiger partial charge in [0.15, 0.2) is 0 Å². The number of hydrogen-bond acceptors (Lipinski definition) is 1. The van der Waals surface area contributed by atoms with Crippen LogP contribution < -0.4 is 21.3 Å². The van der Waals surface area contributed by atoms with Crippen LogP contribution in [0.4, 0.5) is 11.4 Å². The number of nitrogens with zero attached hydrogens (tertiary/aromatic N) is 1. The summed E-state index contributed by atoms with van der Waals surface area (Å²) in [5.41, 5.74) is 11.7. The van der Waals surface area contributed by atoms with Crippen molar-refractivity contribution in [1.82, 2.24) is 0 Å². The zero-order valence-corrected chi connectivity index (χ0v) is 26.5. The molecule has 2 heterocycles. The molecule has 9 rings (SSSR count). The predicted octanol–water partition coefficient (Wildman–Crippen LogP) is 9.27. The second kappa shape index (κ2) is 10.7. The lowest BCUT2D eigenvalue weighted by Crippen LogP contribution is -2.61. The van der Waals surface area contributed by atoms with Crippen molar-refractivity contribution in [2.75, 3.05) is 11.9 Å². The van der Waals surface area contributed by atoms with Crippen LogP contribution in [0.15, 0.2) is 196 Å². The average molecular weight is 606 g/mol. The largest absolute Gasteiger partial charge is 0.345 e. The molecule has 0 fully saturated rings. The fraction of sp³-hybridized carbons (Fsp3) is 0.0233. The van der Waals surface area contributed by atoms with Crippen molar-refractivity contribution in [1.29, 1.82) is 0 Å². The van der Waals surface area contributed by atoms with Gasteiger partial charge >= 0.3 is 0 Å². The molecule has 0 bridgehead atoms. The van der Waals surface area contributed by atoms with E-state index >= 15 is 0 Å². The highest BCUT2D eigenvalue weighted by Gasteiger charge is 2.48. The molecule has 2 aliphatic rings. The lowest BCUT2D eigenvalue weighted by Gasteiger charge is -2.51. The first-order chi connectivity index (χ1) is 22.7. The minimum Gasteiger partial charge on any atom is -0.345 e. The Morgan fingerprint density at radius 2 is 0.957 bits per heavy atom. The van der Waals surface area contributed by atoms with Gasteiger partial charge in [-0.25, -0.2) is 0 Å². The monoisotopic (exact) mass is 605 g/mol. The van der Waals surface area contributed by atoms with E-state index in [1.807, 2.05) is 0 Å². The molecule has 0 aromatic heterocycles. The van der Waals surface area contributed by atoms with Crippen LogP contribution >= 0.6 is 10.0 Å². The van der Waals surface area contributed by atoms with Gasteiger partial charge in [0.2, 0.25) is 6.71 Å². The Kier molecular flexibility index (Phi) is 6.29. The molecule has 1 nitrogen and oxygen atoms in total. The highest BCUT2D eigenvalue weighted by Crippen LogP contribution is 2.74. The molecule has 2 aliphatic heterocycles. The Morgan fingerprint density at radius 3 is 1.65 bits per heavy atom. The van der Waals surface area contributed by atoms with Crippen LogP contribution in [0, 0.1) is 0 Å². The van der Waals surface area contributed by atoms with Gasteiger partial charge in [0, 0.05) is 33.1 Å². The fourth-order valence-corrected chi connectivity index (χ4v) is 12.1. The Bertz CT molecular complexity index is 2190.